The third-order valence-corrected chi connectivity index (χ3v) is 3.18. The molecule has 0 saturated carbocycles. The van der Waals surface area contributed by atoms with Crippen LogP contribution in [0.5, 0.6) is 0 Å². The molecule has 92 valence electrons. The van der Waals surface area contributed by atoms with Crippen molar-refractivity contribution >= 4 is 27.4 Å². The second-order valence-electron chi connectivity index (χ2n) is 3.56. The third kappa shape index (κ3) is 3.39. The van der Waals surface area contributed by atoms with Crippen LogP contribution in [0.4, 0.5) is 5.00 Å². The van der Waals surface area contributed by atoms with E-state index in [0.717, 1.165) is 17.1 Å². The van der Waals surface area contributed by atoms with Gasteiger partial charge in [0.1, 0.15) is 5.00 Å². The molecular weight excluding hydrogens is 236 g/mol. The second kappa shape index (κ2) is 6.54. The highest BCUT2D eigenvalue weighted by atomic mass is 32.1. The van der Waals surface area contributed by atoms with E-state index >= 15 is 0 Å². The van der Waals surface area contributed by atoms with Crippen molar-refractivity contribution in [1.29, 1.82) is 0 Å². The lowest BCUT2D eigenvalue weighted by molar-refractivity contribution is 0.0759. The third-order valence-electron chi connectivity index (χ3n) is 2.35. The molecule has 0 unspecified atom stereocenters. The SMILES string of the molecule is COCCOCCNc1snc2ccccc12. The number of fused-ring (bicyclic) bond motifs is 1. The Bertz CT molecular complexity index is 458. The minimum absolute atomic E-state index is 0.640. The number of anilines is 1. The first-order valence-corrected chi connectivity index (χ1v) is 6.34. The van der Waals surface area contributed by atoms with Crippen LogP contribution in [0.25, 0.3) is 10.9 Å². The van der Waals surface area contributed by atoms with Gasteiger partial charge in [-0.3, -0.25) is 0 Å². The summed E-state index contributed by atoms with van der Waals surface area (Å²) in [5.74, 6) is 0. The quantitative estimate of drug-likeness (QED) is 0.768. The molecule has 0 atom stereocenters. The van der Waals surface area contributed by atoms with Crippen LogP contribution in [0.2, 0.25) is 0 Å². The number of rotatable bonds is 7. The summed E-state index contributed by atoms with van der Waals surface area (Å²) in [7, 11) is 1.67. The molecule has 0 radical (unpaired) electrons. The van der Waals surface area contributed by atoms with Gasteiger partial charge in [0.15, 0.2) is 0 Å². The minimum Gasteiger partial charge on any atom is -0.382 e. The molecule has 0 spiro atoms. The smallest absolute Gasteiger partial charge is 0.117 e. The van der Waals surface area contributed by atoms with Crippen LogP contribution >= 0.6 is 11.5 Å². The van der Waals surface area contributed by atoms with E-state index < -0.39 is 0 Å². The average Bonchev–Trinajstić information content (AvgIpc) is 2.77. The van der Waals surface area contributed by atoms with E-state index in [4.69, 9.17) is 9.47 Å². The van der Waals surface area contributed by atoms with Gasteiger partial charge in [-0.05, 0) is 23.7 Å². The predicted molar refractivity (Wildman–Crippen MR) is 70.8 cm³/mol. The Morgan fingerprint density at radius 2 is 2.12 bits per heavy atom. The minimum atomic E-state index is 0.640. The standard InChI is InChI=1S/C12H16N2O2S/c1-15-8-9-16-7-6-13-12-10-4-2-3-5-11(10)14-17-12/h2-5,13H,6-9H2,1H3. The number of methoxy groups -OCH3 is 1. The van der Waals surface area contributed by atoms with E-state index in [1.54, 1.807) is 7.11 Å². The van der Waals surface area contributed by atoms with Gasteiger partial charge in [-0.1, -0.05) is 12.1 Å². The fraction of sp³-hybridized carbons (Fsp3) is 0.417. The van der Waals surface area contributed by atoms with E-state index in [1.807, 2.05) is 18.2 Å². The maximum Gasteiger partial charge on any atom is 0.117 e. The first-order chi connectivity index (χ1) is 8.42. The molecule has 0 bridgehead atoms. The van der Waals surface area contributed by atoms with Gasteiger partial charge in [-0.15, -0.1) is 0 Å². The molecule has 1 aromatic carbocycles. The average molecular weight is 252 g/mol. The lowest BCUT2D eigenvalue weighted by atomic mass is 10.2. The molecule has 4 nitrogen and oxygen atoms in total. The highest BCUT2D eigenvalue weighted by molar-refractivity contribution is 7.11. The molecule has 2 aromatic rings. The summed E-state index contributed by atoms with van der Waals surface area (Å²) >= 11 is 1.49. The van der Waals surface area contributed by atoms with Crippen LogP contribution in [0.15, 0.2) is 24.3 Å². The van der Waals surface area contributed by atoms with Gasteiger partial charge in [0.25, 0.3) is 0 Å². The van der Waals surface area contributed by atoms with Crippen molar-refractivity contribution in [3.05, 3.63) is 24.3 Å². The van der Waals surface area contributed by atoms with Crippen molar-refractivity contribution in [1.82, 2.24) is 4.37 Å². The number of nitrogens with one attached hydrogen (secondary N) is 1. The van der Waals surface area contributed by atoms with Gasteiger partial charge in [0.2, 0.25) is 0 Å². The largest absolute Gasteiger partial charge is 0.382 e. The van der Waals surface area contributed by atoms with Crippen LogP contribution in [-0.4, -0.2) is 37.8 Å². The Hall–Kier alpha value is -1.17. The molecule has 0 saturated heterocycles. The number of hydrogen-bond donors (Lipinski definition) is 1. The molecule has 0 aliphatic rings. The van der Waals surface area contributed by atoms with Crippen LogP contribution < -0.4 is 5.32 Å². The Labute approximate surface area is 105 Å². The fourth-order valence-electron chi connectivity index (χ4n) is 1.50. The molecule has 0 aliphatic heterocycles. The van der Waals surface area contributed by atoms with Crippen LogP contribution in [-0.2, 0) is 9.47 Å². The van der Waals surface area contributed by atoms with Gasteiger partial charge in [0.05, 0.1) is 25.3 Å². The lowest BCUT2D eigenvalue weighted by Crippen LogP contribution is -2.11. The highest BCUT2D eigenvalue weighted by Crippen LogP contribution is 2.26. The number of ether oxygens (including phenoxy) is 2. The van der Waals surface area contributed by atoms with E-state index in [1.165, 1.54) is 16.9 Å². The maximum atomic E-state index is 5.38. The zero-order chi connectivity index (χ0) is 11.9. The zero-order valence-electron chi connectivity index (χ0n) is 9.81. The van der Waals surface area contributed by atoms with Crippen molar-refractivity contribution in [3.8, 4) is 0 Å². The molecule has 0 aliphatic carbocycles. The first-order valence-electron chi connectivity index (χ1n) is 5.57. The summed E-state index contributed by atoms with van der Waals surface area (Å²) in [6, 6.07) is 8.12. The normalized spacial score (nSPS) is 10.9. The molecule has 0 amide bonds. The Balaban J connectivity index is 1.79. The van der Waals surface area contributed by atoms with Crippen molar-refractivity contribution in [3.63, 3.8) is 0 Å². The van der Waals surface area contributed by atoms with Crippen LogP contribution in [0, 0.1) is 0 Å². The Kier molecular flexibility index (Phi) is 4.73. The monoisotopic (exact) mass is 252 g/mol. The number of hydrogen-bond acceptors (Lipinski definition) is 5. The fourth-order valence-corrected chi connectivity index (χ4v) is 2.28. The summed E-state index contributed by atoms with van der Waals surface area (Å²) < 4.78 is 14.6. The molecule has 2 rings (SSSR count). The first kappa shape index (κ1) is 12.3. The topological polar surface area (TPSA) is 43.4 Å². The molecule has 1 N–H and O–H groups in total. The van der Waals surface area contributed by atoms with E-state index in [-0.39, 0.29) is 0 Å². The van der Waals surface area contributed by atoms with Gasteiger partial charge in [-0.25, -0.2) is 0 Å². The molecule has 5 heteroatoms. The van der Waals surface area contributed by atoms with Crippen molar-refractivity contribution in [2.75, 3.05) is 38.8 Å². The Morgan fingerprint density at radius 1 is 1.24 bits per heavy atom. The van der Waals surface area contributed by atoms with E-state index in [0.29, 0.717) is 19.8 Å². The lowest BCUT2D eigenvalue weighted by Gasteiger charge is -2.05. The number of nitrogens with zero attached hydrogens (tertiary/aromatic N) is 1. The summed E-state index contributed by atoms with van der Waals surface area (Å²) in [6.45, 7) is 2.75. The van der Waals surface area contributed by atoms with E-state index in [9.17, 15) is 0 Å². The molecule has 1 aromatic heterocycles. The second-order valence-corrected chi connectivity index (χ2v) is 4.33. The van der Waals surface area contributed by atoms with Gasteiger partial charge >= 0.3 is 0 Å². The summed E-state index contributed by atoms with van der Waals surface area (Å²) in [5, 5.41) is 5.62. The highest BCUT2D eigenvalue weighted by Gasteiger charge is 2.03. The van der Waals surface area contributed by atoms with Gasteiger partial charge < -0.3 is 14.8 Å². The van der Waals surface area contributed by atoms with Crippen LogP contribution in [0.1, 0.15) is 0 Å². The summed E-state index contributed by atoms with van der Waals surface area (Å²) in [5.41, 5.74) is 1.04. The van der Waals surface area contributed by atoms with Crippen molar-refractivity contribution < 1.29 is 9.47 Å². The summed E-state index contributed by atoms with van der Waals surface area (Å²) in [6.07, 6.45) is 0. The summed E-state index contributed by atoms with van der Waals surface area (Å²) in [4.78, 5) is 0. The number of benzene rings is 1. The zero-order valence-corrected chi connectivity index (χ0v) is 10.6. The predicted octanol–water partition coefficient (Wildman–Crippen LogP) is 2.37. The van der Waals surface area contributed by atoms with Crippen LogP contribution in [0.3, 0.4) is 0 Å². The molecular formula is C12H16N2O2S. The molecule has 17 heavy (non-hydrogen) atoms. The molecule has 0 fully saturated rings. The van der Waals surface area contributed by atoms with Crippen molar-refractivity contribution in [2.45, 2.75) is 0 Å². The molecule has 1 heterocycles. The van der Waals surface area contributed by atoms with Gasteiger partial charge in [0, 0.05) is 19.0 Å². The van der Waals surface area contributed by atoms with Gasteiger partial charge in [-0.2, -0.15) is 4.37 Å². The Morgan fingerprint density at radius 3 is 3.00 bits per heavy atom. The maximum absolute atomic E-state index is 5.38. The van der Waals surface area contributed by atoms with E-state index in [2.05, 4.69) is 15.8 Å². The van der Waals surface area contributed by atoms with Crippen molar-refractivity contribution in [2.24, 2.45) is 0 Å². The number of aromatic nitrogens is 1.